The lowest BCUT2D eigenvalue weighted by Gasteiger charge is -2.20. The fraction of sp³-hybridized carbons (Fsp3) is 0.0769. The van der Waals surface area contributed by atoms with E-state index >= 15 is 0 Å². The summed E-state index contributed by atoms with van der Waals surface area (Å²) in [5, 5.41) is 0. The summed E-state index contributed by atoms with van der Waals surface area (Å²) in [6.07, 6.45) is 0. The first-order valence-electron chi connectivity index (χ1n) is 5.60. The minimum atomic E-state index is 0.510. The van der Waals surface area contributed by atoms with Crippen LogP contribution in [0.5, 0.6) is 0 Å². The lowest BCUT2D eigenvalue weighted by Crippen LogP contribution is -2.22. The smallest absolute Gasteiger partial charge is 0.116 e. The van der Waals surface area contributed by atoms with E-state index in [-0.39, 0.29) is 0 Å². The predicted molar refractivity (Wildman–Crippen MR) is 104 cm³/mol. The monoisotopic (exact) mass is 348 g/mol. The summed E-state index contributed by atoms with van der Waals surface area (Å²) in [5.41, 5.74) is 3.41. The van der Waals surface area contributed by atoms with E-state index < -0.39 is 0 Å². The summed E-state index contributed by atoms with van der Waals surface area (Å²) in [4.78, 5) is 3.38. The molecule has 0 aliphatic rings. The first-order chi connectivity index (χ1) is 9.25. The van der Waals surface area contributed by atoms with Crippen molar-refractivity contribution in [3.8, 4) is 11.1 Å². The predicted octanol–water partition coefficient (Wildman–Crippen LogP) is 2.69. The first kappa shape index (κ1) is 16.7. The fourth-order valence-electron chi connectivity index (χ4n) is 2.02. The van der Waals surface area contributed by atoms with Crippen LogP contribution in [0.15, 0.2) is 36.6 Å². The van der Waals surface area contributed by atoms with Crippen molar-refractivity contribution >= 4 is 89.8 Å². The van der Waals surface area contributed by atoms with E-state index in [1.165, 1.54) is 0 Å². The molecule has 0 nitrogen and oxygen atoms in total. The van der Waals surface area contributed by atoms with Gasteiger partial charge in [0.05, 0.1) is 0 Å². The highest BCUT2D eigenvalue weighted by molar-refractivity contribution is 7.85. The third-order valence-corrected chi connectivity index (χ3v) is 5.61. The Balaban J connectivity index is 2.90. The molecule has 0 N–H and O–H groups in total. The van der Waals surface area contributed by atoms with Gasteiger partial charge in [-0.05, 0) is 24.1 Å². The van der Waals surface area contributed by atoms with Gasteiger partial charge in [0.25, 0.3) is 0 Å². The number of rotatable bonds is 1. The molecule has 0 unspecified atom stereocenters. The molecule has 0 atom stereocenters. The molecular formula is C13H10B2S5. The molecule has 2 aromatic carbocycles. The Labute approximate surface area is 149 Å². The second kappa shape index (κ2) is 6.21. The van der Waals surface area contributed by atoms with E-state index in [2.05, 4.69) is 63.1 Å². The zero-order chi connectivity index (χ0) is 15.2. The van der Waals surface area contributed by atoms with E-state index in [4.69, 9.17) is 15.7 Å². The first-order valence-corrected chi connectivity index (χ1v) is 7.84. The highest BCUT2D eigenvalue weighted by atomic mass is 32.1. The molecular weight excluding hydrogens is 338 g/mol. The minimum Gasteiger partial charge on any atom is -0.144 e. The molecule has 0 heterocycles. The Morgan fingerprint density at radius 1 is 0.750 bits per heavy atom. The van der Waals surface area contributed by atoms with Crippen LogP contribution in [-0.2, 0) is 0 Å². The van der Waals surface area contributed by atoms with Crippen molar-refractivity contribution in [2.24, 2.45) is 0 Å². The zero-order valence-electron chi connectivity index (χ0n) is 10.5. The van der Waals surface area contributed by atoms with Gasteiger partial charge in [0.2, 0.25) is 0 Å². The molecule has 0 saturated carbocycles. The molecule has 2 aromatic rings. The maximum absolute atomic E-state index is 6.17. The van der Waals surface area contributed by atoms with Gasteiger partial charge in [-0.1, -0.05) is 17.0 Å². The van der Waals surface area contributed by atoms with Crippen molar-refractivity contribution < 1.29 is 0 Å². The maximum Gasteiger partial charge on any atom is 0.116 e. The largest absolute Gasteiger partial charge is 0.144 e. The molecule has 0 aliphatic carbocycles. The number of thiol groups is 5. The lowest BCUT2D eigenvalue weighted by atomic mass is 9.77. The van der Waals surface area contributed by atoms with Gasteiger partial charge < -0.3 is 0 Å². The summed E-state index contributed by atoms with van der Waals surface area (Å²) >= 11 is 22.2. The van der Waals surface area contributed by atoms with Crippen molar-refractivity contribution in [3.63, 3.8) is 0 Å². The summed E-state index contributed by atoms with van der Waals surface area (Å²) in [6.45, 7) is 1.91. The highest BCUT2D eigenvalue weighted by Crippen LogP contribution is 2.39. The Kier molecular flexibility index (Phi) is 5.18. The summed E-state index contributed by atoms with van der Waals surface area (Å²) in [7, 11) is 12.3. The van der Waals surface area contributed by atoms with Crippen molar-refractivity contribution in [1.29, 1.82) is 0 Å². The quantitative estimate of drug-likeness (QED) is 0.380. The third-order valence-electron chi connectivity index (χ3n) is 3.04. The highest BCUT2D eigenvalue weighted by Gasteiger charge is 2.17. The molecule has 98 valence electrons. The fourth-order valence-corrected chi connectivity index (χ4v) is 3.59. The molecule has 20 heavy (non-hydrogen) atoms. The second-order valence-corrected chi connectivity index (χ2v) is 6.71. The van der Waals surface area contributed by atoms with Crippen LogP contribution >= 0.6 is 63.1 Å². The van der Waals surface area contributed by atoms with Gasteiger partial charge in [0, 0.05) is 30.0 Å². The standard InChI is InChI=1S/C13H10B2S5/c1-4-2-5(14)8(10(15)11(4)18)9-6(16)3-7(17)12(19)13(9)20/h2-3,16-20H,1H3. The van der Waals surface area contributed by atoms with Gasteiger partial charge in [-0.3, -0.25) is 0 Å². The van der Waals surface area contributed by atoms with Crippen molar-refractivity contribution in [1.82, 2.24) is 0 Å². The molecule has 0 saturated heterocycles. The van der Waals surface area contributed by atoms with Gasteiger partial charge >= 0.3 is 0 Å². The average molecular weight is 348 g/mol. The van der Waals surface area contributed by atoms with Crippen LogP contribution in [0.4, 0.5) is 0 Å². The van der Waals surface area contributed by atoms with Crippen LogP contribution in [0.25, 0.3) is 11.1 Å². The average Bonchev–Trinajstić information content (AvgIpc) is 2.37. The SMILES string of the molecule is [B]c1cc(C)c(S)c([B])c1-c1c(S)cc(S)c(S)c1S. The van der Waals surface area contributed by atoms with Crippen LogP contribution < -0.4 is 10.9 Å². The van der Waals surface area contributed by atoms with E-state index in [1.807, 2.05) is 13.0 Å². The molecule has 0 spiro atoms. The van der Waals surface area contributed by atoms with Crippen molar-refractivity contribution in [2.45, 2.75) is 31.4 Å². The Morgan fingerprint density at radius 3 is 1.95 bits per heavy atom. The van der Waals surface area contributed by atoms with Gasteiger partial charge in [0.15, 0.2) is 0 Å². The van der Waals surface area contributed by atoms with Crippen LogP contribution in [0.3, 0.4) is 0 Å². The topological polar surface area (TPSA) is 0 Å². The molecule has 0 bridgehead atoms. The van der Waals surface area contributed by atoms with E-state index in [9.17, 15) is 0 Å². The van der Waals surface area contributed by atoms with Gasteiger partial charge in [-0.2, -0.15) is 0 Å². The molecule has 0 aliphatic heterocycles. The van der Waals surface area contributed by atoms with Gasteiger partial charge in [-0.25, -0.2) is 0 Å². The molecule has 0 fully saturated rings. The van der Waals surface area contributed by atoms with E-state index in [0.717, 1.165) is 11.1 Å². The number of benzene rings is 2. The van der Waals surface area contributed by atoms with Crippen LogP contribution in [0.2, 0.25) is 0 Å². The lowest BCUT2D eigenvalue weighted by molar-refractivity contribution is 1.10. The Bertz CT molecular complexity index is 651. The molecule has 4 radical (unpaired) electrons. The minimum absolute atomic E-state index is 0.510. The van der Waals surface area contributed by atoms with Gasteiger partial charge in [-0.15, -0.1) is 63.1 Å². The van der Waals surface area contributed by atoms with Crippen LogP contribution in [0, 0.1) is 6.92 Å². The Hall–Kier alpha value is 0.320. The third kappa shape index (κ3) is 2.80. The summed E-state index contributed by atoms with van der Waals surface area (Å²) in [5.74, 6) is 0. The zero-order valence-corrected chi connectivity index (χ0v) is 15.0. The van der Waals surface area contributed by atoms with E-state index in [0.29, 0.717) is 41.0 Å². The summed E-state index contributed by atoms with van der Waals surface area (Å²) < 4.78 is 0. The molecule has 2 rings (SSSR count). The van der Waals surface area contributed by atoms with Crippen LogP contribution in [-0.4, -0.2) is 15.7 Å². The normalized spacial score (nSPS) is 10.9. The second-order valence-electron chi connectivity index (χ2n) is 4.41. The number of hydrogen-bond donors (Lipinski definition) is 5. The molecule has 0 amide bonds. The summed E-state index contributed by atoms with van der Waals surface area (Å²) in [6, 6.07) is 3.63. The molecule has 0 aromatic heterocycles. The van der Waals surface area contributed by atoms with E-state index in [1.54, 1.807) is 6.07 Å². The number of hydrogen-bond acceptors (Lipinski definition) is 5. The van der Waals surface area contributed by atoms with Gasteiger partial charge in [0.1, 0.15) is 15.7 Å². The van der Waals surface area contributed by atoms with Crippen molar-refractivity contribution in [3.05, 3.63) is 17.7 Å². The maximum atomic E-state index is 6.17. The number of aryl methyl sites for hydroxylation is 1. The molecule has 7 heteroatoms. The Morgan fingerprint density at radius 2 is 1.35 bits per heavy atom. The van der Waals surface area contributed by atoms with Crippen molar-refractivity contribution in [2.75, 3.05) is 0 Å². The van der Waals surface area contributed by atoms with Crippen LogP contribution in [0.1, 0.15) is 5.56 Å².